The molecule has 0 saturated heterocycles. The molecule has 26 heavy (non-hydrogen) atoms. The van der Waals surface area contributed by atoms with Gasteiger partial charge in [-0.25, -0.2) is 4.98 Å². The van der Waals surface area contributed by atoms with Gasteiger partial charge in [-0.15, -0.1) is 0 Å². The summed E-state index contributed by atoms with van der Waals surface area (Å²) < 4.78 is 0. The van der Waals surface area contributed by atoms with E-state index in [1.165, 1.54) is 16.7 Å². The first kappa shape index (κ1) is 17.9. The van der Waals surface area contributed by atoms with Crippen molar-refractivity contribution in [1.29, 1.82) is 5.41 Å². The smallest absolute Gasteiger partial charge is 0.125 e. The molecule has 0 saturated carbocycles. The zero-order chi connectivity index (χ0) is 18.2. The number of benzene rings is 2. The second-order valence-corrected chi connectivity index (χ2v) is 6.59. The highest BCUT2D eigenvalue weighted by Crippen LogP contribution is 2.26. The van der Waals surface area contributed by atoms with Gasteiger partial charge < -0.3 is 10.7 Å². The first-order valence-corrected chi connectivity index (χ1v) is 9.09. The fraction of sp³-hybridized carbons (Fsp3) is 0.217. The molecule has 0 bridgehead atoms. The Kier molecular flexibility index (Phi) is 6.15. The van der Waals surface area contributed by atoms with E-state index in [1.54, 1.807) is 6.20 Å². The maximum Gasteiger partial charge on any atom is 0.125 e. The number of hydrogen-bond donors (Lipinski definition) is 2. The Hall–Kier alpha value is -2.94. The van der Waals surface area contributed by atoms with Crippen molar-refractivity contribution in [1.82, 2.24) is 4.98 Å². The third kappa shape index (κ3) is 5.03. The number of aromatic nitrogens is 1. The summed E-state index contributed by atoms with van der Waals surface area (Å²) in [7, 11) is 0. The molecule has 132 valence electrons. The third-order valence-corrected chi connectivity index (χ3v) is 4.51. The summed E-state index contributed by atoms with van der Waals surface area (Å²) in [5, 5.41) is 11.6. The SMILES string of the molecule is CC(CC(=N)CCNc1ccccn1)c1cccc(-c2ccccc2)c1. The predicted octanol–water partition coefficient (Wildman–Crippen LogP) is 5.76. The summed E-state index contributed by atoms with van der Waals surface area (Å²) in [6.45, 7) is 2.94. The van der Waals surface area contributed by atoms with Crippen LogP contribution in [-0.2, 0) is 0 Å². The summed E-state index contributed by atoms with van der Waals surface area (Å²) in [5.41, 5.74) is 4.52. The van der Waals surface area contributed by atoms with Gasteiger partial charge in [-0.2, -0.15) is 0 Å². The van der Waals surface area contributed by atoms with E-state index in [-0.39, 0.29) is 0 Å². The van der Waals surface area contributed by atoms with Gasteiger partial charge in [0, 0.05) is 24.9 Å². The molecule has 1 atom stereocenters. The Labute approximate surface area is 155 Å². The van der Waals surface area contributed by atoms with Crippen LogP contribution in [-0.4, -0.2) is 17.2 Å². The van der Waals surface area contributed by atoms with E-state index < -0.39 is 0 Å². The van der Waals surface area contributed by atoms with Crippen LogP contribution in [0.2, 0.25) is 0 Å². The number of nitrogens with zero attached hydrogens (tertiary/aromatic N) is 1. The van der Waals surface area contributed by atoms with E-state index in [2.05, 4.69) is 65.8 Å². The number of anilines is 1. The fourth-order valence-corrected chi connectivity index (χ4v) is 3.05. The average Bonchev–Trinajstić information content (AvgIpc) is 2.69. The Morgan fingerprint density at radius 2 is 1.73 bits per heavy atom. The number of nitrogens with one attached hydrogen (secondary N) is 2. The molecule has 0 amide bonds. The number of hydrogen-bond acceptors (Lipinski definition) is 3. The molecule has 3 rings (SSSR count). The number of rotatable bonds is 8. The lowest BCUT2D eigenvalue weighted by Crippen LogP contribution is -2.11. The van der Waals surface area contributed by atoms with Crippen molar-refractivity contribution in [2.24, 2.45) is 0 Å². The lowest BCUT2D eigenvalue weighted by atomic mass is 9.92. The van der Waals surface area contributed by atoms with Crippen LogP contribution < -0.4 is 5.32 Å². The normalized spacial score (nSPS) is 11.7. The summed E-state index contributed by atoms with van der Waals surface area (Å²) in [5.74, 6) is 1.20. The maximum absolute atomic E-state index is 8.29. The van der Waals surface area contributed by atoms with Crippen molar-refractivity contribution in [2.45, 2.75) is 25.7 Å². The molecule has 3 aromatic rings. The predicted molar refractivity (Wildman–Crippen MR) is 110 cm³/mol. The van der Waals surface area contributed by atoms with E-state index in [0.29, 0.717) is 5.92 Å². The Morgan fingerprint density at radius 3 is 2.50 bits per heavy atom. The first-order valence-electron chi connectivity index (χ1n) is 9.09. The molecule has 2 N–H and O–H groups in total. The molecule has 1 aromatic heterocycles. The molecule has 2 aromatic carbocycles. The molecule has 0 radical (unpaired) electrons. The van der Waals surface area contributed by atoms with Gasteiger partial charge in [0.15, 0.2) is 0 Å². The van der Waals surface area contributed by atoms with Crippen molar-refractivity contribution in [3.63, 3.8) is 0 Å². The zero-order valence-corrected chi connectivity index (χ0v) is 15.2. The topological polar surface area (TPSA) is 48.8 Å². The Morgan fingerprint density at radius 1 is 0.962 bits per heavy atom. The molecule has 3 heteroatoms. The highest BCUT2D eigenvalue weighted by atomic mass is 15.0. The standard InChI is InChI=1S/C23H25N3/c1-18(16-22(24)13-15-26-23-12-5-6-14-25-23)20-10-7-11-21(17-20)19-8-3-2-4-9-19/h2-12,14,17-18,24H,13,15-16H2,1H3,(H,25,26). The van der Waals surface area contributed by atoms with Crippen molar-refractivity contribution < 1.29 is 0 Å². The third-order valence-electron chi connectivity index (χ3n) is 4.51. The van der Waals surface area contributed by atoms with Crippen LogP contribution in [0.5, 0.6) is 0 Å². The lowest BCUT2D eigenvalue weighted by Gasteiger charge is -2.14. The van der Waals surface area contributed by atoms with Gasteiger partial charge >= 0.3 is 0 Å². The highest BCUT2D eigenvalue weighted by Gasteiger charge is 2.10. The molecule has 0 aliphatic heterocycles. The van der Waals surface area contributed by atoms with Crippen molar-refractivity contribution >= 4 is 11.5 Å². The summed E-state index contributed by atoms with van der Waals surface area (Å²) in [4.78, 5) is 4.24. The minimum Gasteiger partial charge on any atom is -0.370 e. The van der Waals surface area contributed by atoms with E-state index >= 15 is 0 Å². The Bertz CT molecular complexity index is 828. The molecule has 0 aliphatic rings. The van der Waals surface area contributed by atoms with Gasteiger partial charge in [0.2, 0.25) is 0 Å². The molecule has 3 nitrogen and oxygen atoms in total. The van der Waals surface area contributed by atoms with E-state index in [1.807, 2.05) is 24.3 Å². The molecule has 0 aliphatic carbocycles. The van der Waals surface area contributed by atoms with Crippen LogP contribution in [0, 0.1) is 5.41 Å². The minimum atomic E-state index is 0.334. The maximum atomic E-state index is 8.29. The second kappa shape index (κ2) is 8.95. The van der Waals surface area contributed by atoms with Gasteiger partial charge in [0.05, 0.1) is 0 Å². The van der Waals surface area contributed by atoms with Gasteiger partial charge in [-0.1, -0.05) is 67.6 Å². The zero-order valence-electron chi connectivity index (χ0n) is 15.2. The van der Waals surface area contributed by atoms with Crippen molar-refractivity contribution in [3.05, 3.63) is 84.6 Å². The summed E-state index contributed by atoms with van der Waals surface area (Å²) in [6, 6.07) is 24.9. The molecule has 0 fully saturated rings. The lowest BCUT2D eigenvalue weighted by molar-refractivity contribution is 0.788. The van der Waals surface area contributed by atoms with Crippen LogP contribution in [0.25, 0.3) is 11.1 Å². The van der Waals surface area contributed by atoms with Crippen LogP contribution in [0.4, 0.5) is 5.82 Å². The molecule has 1 unspecified atom stereocenters. The average molecular weight is 343 g/mol. The van der Waals surface area contributed by atoms with Gasteiger partial charge in [0.25, 0.3) is 0 Å². The minimum absolute atomic E-state index is 0.334. The van der Waals surface area contributed by atoms with E-state index in [4.69, 9.17) is 5.41 Å². The largest absolute Gasteiger partial charge is 0.370 e. The van der Waals surface area contributed by atoms with Crippen LogP contribution >= 0.6 is 0 Å². The van der Waals surface area contributed by atoms with E-state index in [0.717, 1.165) is 30.9 Å². The molecule has 0 spiro atoms. The van der Waals surface area contributed by atoms with Crippen molar-refractivity contribution in [3.8, 4) is 11.1 Å². The van der Waals surface area contributed by atoms with Gasteiger partial charge in [-0.05, 0) is 41.2 Å². The Balaban J connectivity index is 1.54. The quantitative estimate of drug-likeness (QED) is 0.511. The first-order chi connectivity index (χ1) is 12.7. The highest BCUT2D eigenvalue weighted by molar-refractivity contribution is 5.82. The van der Waals surface area contributed by atoms with Crippen LogP contribution in [0.15, 0.2) is 79.0 Å². The second-order valence-electron chi connectivity index (χ2n) is 6.59. The number of pyridine rings is 1. The molecular formula is C23H25N3. The van der Waals surface area contributed by atoms with Gasteiger partial charge in [-0.3, -0.25) is 0 Å². The molecule has 1 heterocycles. The van der Waals surface area contributed by atoms with Crippen LogP contribution in [0.3, 0.4) is 0 Å². The monoisotopic (exact) mass is 343 g/mol. The summed E-state index contributed by atoms with van der Waals surface area (Å²) in [6.07, 6.45) is 3.29. The van der Waals surface area contributed by atoms with E-state index in [9.17, 15) is 0 Å². The van der Waals surface area contributed by atoms with Crippen LogP contribution in [0.1, 0.15) is 31.2 Å². The van der Waals surface area contributed by atoms with Gasteiger partial charge in [0.1, 0.15) is 5.82 Å². The molecular weight excluding hydrogens is 318 g/mol. The fourth-order valence-electron chi connectivity index (χ4n) is 3.05. The summed E-state index contributed by atoms with van der Waals surface area (Å²) >= 11 is 0. The van der Waals surface area contributed by atoms with Crippen molar-refractivity contribution in [2.75, 3.05) is 11.9 Å².